The van der Waals surface area contributed by atoms with Crippen molar-refractivity contribution in [2.45, 2.75) is 76.3 Å². The molecule has 0 N–H and O–H groups in total. The molecule has 0 amide bonds. The molecule has 2 aliphatic carbocycles. The van der Waals surface area contributed by atoms with E-state index in [4.69, 9.17) is 0 Å². The molecule has 0 radical (unpaired) electrons. The fraction of sp³-hybridized carbons (Fsp3) is 0.857. The Hall–Kier alpha value is -0.460. The molecule has 2 aliphatic rings. The molecule has 0 saturated heterocycles. The van der Waals surface area contributed by atoms with Crippen LogP contribution in [0, 0.1) is 0 Å². The van der Waals surface area contributed by atoms with Crippen LogP contribution in [0.1, 0.15) is 64.2 Å². The van der Waals surface area contributed by atoms with Gasteiger partial charge in [-0.15, -0.1) is 0 Å². The molecule has 1 nitrogen and oxygen atoms in total. The summed E-state index contributed by atoms with van der Waals surface area (Å²) < 4.78 is 0. The molecule has 15 heavy (non-hydrogen) atoms. The quantitative estimate of drug-likeness (QED) is 0.673. The summed E-state index contributed by atoms with van der Waals surface area (Å²) in [5, 5.41) is 0. The Bertz CT molecular complexity index is 170. The maximum absolute atomic E-state index is 4.04. The van der Waals surface area contributed by atoms with Crippen LogP contribution < -0.4 is 0 Å². The maximum Gasteiger partial charge on any atom is 0.0287 e. The van der Waals surface area contributed by atoms with Crippen LogP contribution in [0.5, 0.6) is 0 Å². The van der Waals surface area contributed by atoms with E-state index in [1.807, 2.05) is 0 Å². The largest absolute Gasteiger partial charge is 0.372 e. The molecule has 0 unspecified atom stereocenters. The van der Waals surface area contributed by atoms with Gasteiger partial charge in [-0.25, -0.2) is 0 Å². The van der Waals surface area contributed by atoms with E-state index in [1.165, 1.54) is 64.2 Å². The molecule has 0 bridgehead atoms. The molecule has 2 rings (SSSR count). The summed E-state index contributed by atoms with van der Waals surface area (Å²) >= 11 is 0. The van der Waals surface area contributed by atoms with Gasteiger partial charge >= 0.3 is 0 Å². The van der Waals surface area contributed by atoms with Crippen molar-refractivity contribution in [3.63, 3.8) is 0 Å². The normalized spacial score (nSPS) is 25.1. The number of hydrogen-bond acceptors (Lipinski definition) is 1. The third-order valence-corrected chi connectivity index (χ3v) is 4.20. The van der Waals surface area contributed by atoms with E-state index in [1.54, 1.807) is 0 Å². The lowest BCUT2D eigenvalue weighted by molar-refractivity contribution is 0.134. The third-order valence-electron chi connectivity index (χ3n) is 4.20. The van der Waals surface area contributed by atoms with Gasteiger partial charge in [0.25, 0.3) is 0 Å². The van der Waals surface area contributed by atoms with Crippen LogP contribution in [0.4, 0.5) is 0 Å². The van der Waals surface area contributed by atoms with Crippen LogP contribution in [-0.4, -0.2) is 17.0 Å². The standard InChI is InChI=1S/C14H25N/c1-2-15(13-9-5-3-6-10-13)14-11-7-4-8-12-14/h2,13-14H,1,3-12H2. The zero-order chi connectivity index (χ0) is 10.5. The fourth-order valence-corrected chi connectivity index (χ4v) is 3.35. The molecule has 2 saturated carbocycles. The Morgan fingerprint density at radius 1 is 0.733 bits per heavy atom. The summed E-state index contributed by atoms with van der Waals surface area (Å²) in [4.78, 5) is 2.61. The molecule has 0 aromatic heterocycles. The molecule has 1 heteroatoms. The maximum atomic E-state index is 4.04. The highest BCUT2D eigenvalue weighted by molar-refractivity contribution is 4.89. The van der Waals surface area contributed by atoms with Crippen molar-refractivity contribution in [3.8, 4) is 0 Å². The summed E-state index contributed by atoms with van der Waals surface area (Å²) in [6, 6.07) is 1.64. The molecule has 0 heterocycles. The molecule has 0 atom stereocenters. The Morgan fingerprint density at radius 3 is 1.47 bits per heavy atom. The summed E-state index contributed by atoms with van der Waals surface area (Å²) in [6.45, 7) is 4.04. The first-order valence-corrected chi connectivity index (χ1v) is 6.82. The minimum atomic E-state index is 0.819. The number of nitrogens with zero attached hydrogens (tertiary/aromatic N) is 1. The lowest BCUT2D eigenvalue weighted by Gasteiger charge is -2.41. The lowest BCUT2D eigenvalue weighted by Crippen LogP contribution is -2.41. The van der Waals surface area contributed by atoms with Gasteiger partial charge < -0.3 is 4.90 Å². The van der Waals surface area contributed by atoms with Gasteiger partial charge in [0.1, 0.15) is 0 Å². The Labute approximate surface area is 94.5 Å². The van der Waals surface area contributed by atoms with Crippen molar-refractivity contribution < 1.29 is 0 Å². The van der Waals surface area contributed by atoms with Crippen LogP contribution >= 0.6 is 0 Å². The van der Waals surface area contributed by atoms with E-state index in [2.05, 4.69) is 17.7 Å². The minimum Gasteiger partial charge on any atom is -0.372 e. The summed E-state index contributed by atoms with van der Waals surface area (Å²) in [6.07, 6.45) is 16.4. The highest BCUT2D eigenvalue weighted by Gasteiger charge is 2.25. The Balaban J connectivity index is 1.91. The summed E-state index contributed by atoms with van der Waals surface area (Å²) in [5.41, 5.74) is 0. The second-order valence-electron chi connectivity index (χ2n) is 5.21. The van der Waals surface area contributed by atoms with Crippen LogP contribution in [0.15, 0.2) is 12.8 Å². The van der Waals surface area contributed by atoms with Gasteiger partial charge in [0.2, 0.25) is 0 Å². The molecule has 2 fully saturated rings. The molecular formula is C14H25N. The predicted molar refractivity (Wildman–Crippen MR) is 65.8 cm³/mol. The van der Waals surface area contributed by atoms with Gasteiger partial charge in [-0.05, 0) is 31.9 Å². The van der Waals surface area contributed by atoms with Crippen molar-refractivity contribution in [3.05, 3.63) is 12.8 Å². The van der Waals surface area contributed by atoms with E-state index < -0.39 is 0 Å². The zero-order valence-electron chi connectivity index (χ0n) is 9.96. The van der Waals surface area contributed by atoms with Gasteiger partial charge in [-0.1, -0.05) is 45.1 Å². The smallest absolute Gasteiger partial charge is 0.0287 e. The first-order valence-electron chi connectivity index (χ1n) is 6.82. The van der Waals surface area contributed by atoms with Gasteiger partial charge in [0.15, 0.2) is 0 Å². The highest BCUT2D eigenvalue weighted by atomic mass is 15.2. The Kier molecular flexibility index (Phi) is 4.10. The Morgan fingerprint density at radius 2 is 1.13 bits per heavy atom. The van der Waals surface area contributed by atoms with E-state index in [0.717, 1.165) is 12.1 Å². The van der Waals surface area contributed by atoms with Gasteiger partial charge in [-0.3, -0.25) is 0 Å². The van der Waals surface area contributed by atoms with Crippen molar-refractivity contribution in [1.29, 1.82) is 0 Å². The van der Waals surface area contributed by atoms with Crippen molar-refractivity contribution >= 4 is 0 Å². The van der Waals surface area contributed by atoms with Crippen LogP contribution in [-0.2, 0) is 0 Å². The van der Waals surface area contributed by atoms with Gasteiger partial charge in [-0.2, -0.15) is 0 Å². The average molecular weight is 207 g/mol. The van der Waals surface area contributed by atoms with E-state index >= 15 is 0 Å². The monoisotopic (exact) mass is 207 g/mol. The topological polar surface area (TPSA) is 3.24 Å². The van der Waals surface area contributed by atoms with E-state index in [9.17, 15) is 0 Å². The zero-order valence-corrected chi connectivity index (χ0v) is 9.96. The summed E-state index contributed by atoms with van der Waals surface area (Å²) in [7, 11) is 0. The second kappa shape index (κ2) is 5.58. The molecule has 0 spiro atoms. The highest BCUT2D eigenvalue weighted by Crippen LogP contribution is 2.29. The lowest BCUT2D eigenvalue weighted by atomic mass is 9.89. The first-order chi connectivity index (χ1) is 7.42. The van der Waals surface area contributed by atoms with Crippen molar-refractivity contribution in [2.24, 2.45) is 0 Å². The van der Waals surface area contributed by atoms with E-state index in [0.29, 0.717) is 0 Å². The number of rotatable bonds is 3. The van der Waals surface area contributed by atoms with Crippen molar-refractivity contribution in [1.82, 2.24) is 4.90 Å². The fourth-order valence-electron chi connectivity index (χ4n) is 3.35. The van der Waals surface area contributed by atoms with Gasteiger partial charge in [0, 0.05) is 12.1 Å². The third kappa shape index (κ3) is 2.76. The van der Waals surface area contributed by atoms with Gasteiger partial charge in [0.05, 0.1) is 0 Å². The minimum absolute atomic E-state index is 0.819. The average Bonchev–Trinajstić information content (AvgIpc) is 2.33. The SMILES string of the molecule is C=CN(C1CCCCC1)C1CCCCC1. The molecular weight excluding hydrogens is 182 g/mol. The molecule has 0 aliphatic heterocycles. The second-order valence-corrected chi connectivity index (χ2v) is 5.21. The molecule has 0 aromatic rings. The van der Waals surface area contributed by atoms with Crippen molar-refractivity contribution in [2.75, 3.05) is 0 Å². The van der Waals surface area contributed by atoms with E-state index in [-0.39, 0.29) is 0 Å². The predicted octanol–water partition coefficient (Wildman–Crippen LogP) is 4.10. The number of hydrogen-bond donors (Lipinski definition) is 0. The summed E-state index contributed by atoms with van der Waals surface area (Å²) in [5.74, 6) is 0. The van der Waals surface area contributed by atoms with Crippen LogP contribution in [0.3, 0.4) is 0 Å². The van der Waals surface area contributed by atoms with Crippen LogP contribution in [0.25, 0.3) is 0 Å². The molecule has 0 aromatic carbocycles. The first kappa shape index (κ1) is 11.0. The van der Waals surface area contributed by atoms with Crippen LogP contribution in [0.2, 0.25) is 0 Å². The molecule has 86 valence electrons.